The molecule has 0 spiro atoms. The van der Waals surface area contributed by atoms with E-state index in [-0.39, 0.29) is 5.91 Å². The number of carbonyl (C=O) groups excluding carboxylic acids is 1. The Morgan fingerprint density at radius 3 is 2.67 bits per heavy atom. The molecular formula is C14H16N2OS. The molecule has 3 nitrogen and oxygen atoms in total. The summed E-state index contributed by atoms with van der Waals surface area (Å²) in [5.74, 6) is -0.376. The molecular weight excluding hydrogens is 244 g/mol. The van der Waals surface area contributed by atoms with Gasteiger partial charge in [0.1, 0.15) is 0 Å². The zero-order chi connectivity index (χ0) is 13.0. The maximum atomic E-state index is 11.3. The number of rotatable bonds is 5. The van der Waals surface area contributed by atoms with Gasteiger partial charge in [-0.25, -0.2) is 0 Å². The number of nitrogens with one attached hydrogen (secondary N) is 1. The Balaban J connectivity index is 1.96. The summed E-state index contributed by atoms with van der Waals surface area (Å²) in [6.07, 6.45) is 0. The topological polar surface area (TPSA) is 55.1 Å². The largest absolute Gasteiger partial charge is 0.366 e. The summed E-state index contributed by atoms with van der Waals surface area (Å²) in [6, 6.07) is 11.7. The molecule has 94 valence electrons. The number of amides is 1. The molecule has 1 aromatic heterocycles. The van der Waals surface area contributed by atoms with Crippen LogP contribution in [-0.4, -0.2) is 5.91 Å². The van der Waals surface area contributed by atoms with Crippen molar-refractivity contribution in [3.63, 3.8) is 0 Å². The van der Waals surface area contributed by atoms with Gasteiger partial charge >= 0.3 is 0 Å². The molecule has 0 radical (unpaired) electrons. The minimum atomic E-state index is -0.376. The van der Waals surface area contributed by atoms with Gasteiger partial charge in [-0.1, -0.05) is 18.2 Å². The minimum absolute atomic E-state index is 0.376. The van der Waals surface area contributed by atoms with E-state index in [0.29, 0.717) is 12.1 Å². The molecule has 2 aromatic rings. The van der Waals surface area contributed by atoms with Crippen LogP contribution in [0.2, 0.25) is 0 Å². The van der Waals surface area contributed by atoms with Crippen LogP contribution in [0.25, 0.3) is 0 Å². The third-order valence-corrected chi connectivity index (χ3v) is 3.69. The Labute approximate surface area is 111 Å². The first-order valence-electron chi connectivity index (χ1n) is 5.80. The average molecular weight is 260 g/mol. The molecule has 1 amide bonds. The van der Waals surface area contributed by atoms with Crippen molar-refractivity contribution >= 4 is 17.2 Å². The second kappa shape index (κ2) is 5.80. The van der Waals surface area contributed by atoms with E-state index in [9.17, 15) is 4.79 Å². The van der Waals surface area contributed by atoms with Gasteiger partial charge in [0.25, 0.3) is 0 Å². The molecule has 1 heterocycles. The summed E-state index contributed by atoms with van der Waals surface area (Å²) in [4.78, 5) is 13.9. The number of aryl methyl sites for hydroxylation is 1. The lowest BCUT2D eigenvalue weighted by molar-refractivity contribution is 0.0999. The Morgan fingerprint density at radius 1 is 1.22 bits per heavy atom. The van der Waals surface area contributed by atoms with Gasteiger partial charge in [-0.05, 0) is 30.7 Å². The first-order chi connectivity index (χ1) is 8.66. The van der Waals surface area contributed by atoms with Gasteiger partial charge in [-0.2, -0.15) is 0 Å². The third kappa shape index (κ3) is 3.18. The molecule has 0 aliphatic rings. The Kier molecular flexibility index (Phi) is 4.12. The molecule has 0 saturated heterocycles. The fraction of sp³-hybridized carbons (Fsp3) is 0.214. The molecule has 18 heavy (non-hydrogen) atoms. The summed E-state index contributed by atoms with van der Waals surface area (Å²) in [6.45, 7) is 3.55. The van der Waals surface area contributed by atoms with Crippen LogP contribution in [-0.2, 0) is 13.1 Å². The average Bonchev–Trinajstić information content (AvgIpc) is 2.75. The van der Waals surface area contributed by atoms with Crippen LogP contribution in [0.1, 0.15) is 25.7 Å². The van der Waals surface area contributed by atoms with Crippen molar-refractivity contribution in [2.24, 2.45) is 5.73 Å². The molecule has 0 atom stereocenters. The lowest BCUT2D eigenvalue weighted by Gasteiger charge is -2.07. The highest BCUT2D eigenvalue weighted by Crippen LogP contribution is 2.15. The quantitative estimate of drug-likeness (QED) is 0.867. The van der Waals surface area contributed by atoms with Gasteiger partial charge in [-0.3, -0.25) is 4.79 Å². The van der Waals surface area contributed by atoms with Crippen LogP contribution in [0.3, 0.4) is 0 Å². The van der Waals surface area contributed by atoms with E-state index in [4.69, 9.17) is 5.73 Å². The highest BCUT2D eigenvalue weighted by atomic mass is 32.1. The molecule has 0 unspecified atom stereocenters. The second-order valence-corrected chi connectivity index (χ2v) is 5.51. The van der Waals surface area contributed by atoms with Gasteiger partial charge in [-0.15, -0.1) is 11.3 Å². The number of primary amides is 1. The van der Waals surface area contributed by atoms with E-state index < -0.39 is 0 Å². The van der Waals surface area contributed by atoms with E-state index in [1.54, 1.807) is 17.4 Å². The lowest BCUT2D eigenvalue weighted by Crippen LogP contribution is -2.18. The number of carbonyl (C=O) groups is 1. The van der Waals surface area contributed by atoms with Gasteiger partial charge in [0.2, 0.25) is 5.91 Å². The minimum Gasteiger partial charge on any atom is -0.366 e. The summed E-state index contributed by atoms with van der Waals surface area (Å²) in [5, 5.41) is 3.33. The molecule has 0 saturated carbocycles. The summed E-state index contributed by atoms with van der Waals surface area (Å²) in [7, 11) is 0. The normalized spacial score (nSPS) is 10.5. The zero-order valence-corrected chi connectivity index (χ0v) is 11.1. The van der Waals surface area contributed by atoms with Crippen LogP contribution >= 0.6 is 11.3 Å². The molecule has 0 aliphatic carbocycles. The third-order valence-electron chi connectivity index (χ3n) is 2.69. The molecule has 3 N–H and O–H groups in total. The van der Waals surface area contributed by atoms with Crippen LogP contribution in [0.4, 0.5) is 0 Å². The molecule has 1 aromatic carbocycles. The van der Waals surface area contributed by atoms with Crippen molar-refractivity contribution in [2.75, 3.05) is 0 Å². The first-order valence-corrected chi connectivity index (χ1v) is 6.62. The van der Waals surface area contributed by atoms with Crippen LogP contribution in [0.5, 0.6) is 0 Å². The Bertz CT molecular complexity index is 548. The van der Waals surface area contributed by atoms with Crippen molar-refractivity contribution in [2.45, 2.75) is 20.0 Å². The van der Waals surface area contributed by atoms with E-state index >= 15 is 0 Å². The number of hydrogen-bond acceptors (Lipinski definition) is 3. The van der Waals surface area contributed by atoms with Crippen LogP contribution in [0.15, 0.2) is 36.4 Å². The molecule has 0 aliphatic heterocycles. The van der Waals surface area contributed by atoms with E-state index in [1.807, 2.05) is 18.2 Å². The van der Waals surface area contributed by atoms with Crippen molar-refractivity contribution in [1.29, 1.82) is 0 Å². The zero-order valence-electron chi connectivity index (χ0n) is 10.3. The van der Waals surface area contributed by atoms with Gasteiger partial charge in [0.05, 0.1) is 0 Å². The second-order valence-electron chi connectivity index (χ2n) is 4.14. The maximum absolute atomic E-state index is 11.3. The van der Waals surface area contributed by atoms with Gasteiger partial charge in [0, 0.05) is 28.4 Å². The maximum Gasteiger partial charge on any atom is 0.249 e. The summed E-state index contributed by atoms with van der Waals surface area (Å²) < 4.78 is 0. The van der Waals surface area contributed by atoms with Crippen molar-refractivity contribution in [1.82, 2.24) is 5.32 Å². The Morgan fingerprint density at radius 2 is 2.00 bits per heavy atom. The van der Waals surface area contributed by atoms with Crippen molar-refractivity contribution in [3.8, 4) is 0 Å². The lowest BCUT2D eigenvalue weighted by atomic mass is 10.1. The van der Waals surface area contributed by atoms with Crippen molar-refractivity contribution in [3.05, 3.63) is 57.3 Å². The van der Waals surface area contributed by atoms with E-state index in [0.717, 1.165) is 12.1 Å². The molecule has 4 heteroatoms. The monoisotopic (exact) mass is 260 g/mol. The summed E-state index contributed by atoms with van der Waals surface area (Å²) in [5.41, 5.74) is 6.87. The first kappa shape index (κ1) is 12.8. The van der Waals surface area contributed by atoms with Gasteiger partial charge < -0.3 is 11.1 Å². The standard InChI is InChI=1S/C14H16N2OS/c1-10-6-7-12(18-10)9-16-8-11-4-2-3-5-13(11)14(15)17/h2-7,16H,8-9H2,1H3,(H2,15,17). The smallest absolute Gasteiger partial charge is 0.249 e. The van der Waals surface area contributed by atoms with Crippen molar-refractivity contribution < 1.29 is 4.79 Å². The number of thiophene rings is 1. The van der Waals surface area contributed by atoms with Gasteiger partial charge in [0.15, 0.2) is 0 Å². The fourth-order valence-corrected chi connectivity index (χ4v) is 2.68. The molecule has 0 fully saturated rings. The van der Waals surface area contributed by atoms with E-state index in [1.165, 1.54) is 9.75 Å². The SMILES string of the molecule is Cc1ccc(CNCc2ccccc2C(N)=O)s1. The fourth-order valence-electron chi connectivity index (χ4n) is 1.82. The summed E-state index contributed by atoms with van der Waals surface area (Å²) >= 11 is 1.78. The van der Waals surface area contributed by atoms with E-state index in [2.05, 4.69) is 24.4 Å². The Hall–Kier alpha value is -1.65. The molecule has 0 bridgehead atoms. The molecule has 2 rings (SSSR count). The predicted octanol–water partition coefficient (Wildman–Crippen LogP) is 2.45. The number of hydrogen-bond donors (Lipinski definition) is 2. The van der Waals surface area contributed by atoms with Crippen LogP contribution in [0, 0.1) is 6.92 Å². The van der Waals surface area contributed by atoms with Crippen LogP contribution < -0.4 is 11.1 Å². The number of nitrogens with two attached hydrogens (primary N) is 1. The predicted molar refractivity (Wildman–Crippen MR) is 74.6 cm³/mol. The highest BCUT2D eigenvalue weighted by Gasteiger charge is 2.06. The highest BCUT2D eigenvalue weighted by molar-refractivity contribution is 7.11. The number of benzene rings is 1.